The van der Waals surface area contributed by atoms with Gasteiger partial charge in [-0.05, 0) is 57.1 Å². The Hall–Kier alpha value is -0.740. The van der Waals surface area contributed by atoms with Crippen LogP contribution in [0.5, 0.6) is 0 Å². The zero-order chi connectivity index (χ0) is 16.8. The van der Waals surface area contributed by atoms with Crippen molar-refractivity contribution in [3.05, 3.63) is 39.9 Å². The van der Waals surface area contributed by atoms with Gasteiger partial charge in [0.25, 0.3) is 0 Å². The van der Waals surface area contributed by atoms with Gasteiger partial charge in [0, 0.05) is 28.6 Å². The number of benzene rings is 1. The molecule has 0 amide bonds. The third kappa shape index (κ3) is 6.64. The molecule has 0 aromatic heterocycles. The smallest absolute Gasteiger partial charge is 0.331 e. The molecular formula is C18H23Cl3NO2-. The largest absolute Gasteiger partial charge is 1.00 e. The second-order valence-electron chi connectivity index (χ2n) is 6.28. The Bertz CT molecular complexity index is 575. The fourth-order valence-electron chi connectivity index (χ4n) is 2.99. The molecular weight excluding hydrogens is 369 g/mol. The van der Waals surface area contributed by atoms with Crippen molar-refractivity contribution in [1.82, 2.24) is 4.90 Å². The highest BCUT2D eigenvalue weighted by Crippen LogP contribution is 2.28. The van der Waals surface area contributed by atoms with Gasteiger partial charge >= 0.3 is 5.97 Å². The number of carbonyl (C=O) groups excluding carboxylic acids is 1. The van der Waals surface area contributed by atoms with Crippen molar-refractivity contribution < 1.29 is 21.9 Å². The quantitative estimate of drug-likeness (QED) is 0.565. The van der Waals surface area contributed by atoms with Crippen LogP contribution in [0, 0.1) is 5.92 Å². The molecule has 0 bridgehead atoms. The van der Waals surface area contributed by atoms with Crippen molar-refractivity contribution in [3.63, 3.8) is 0 Å². The summed E-state index contributed by atoms with van der Waals surface area (Å²) in [7, 11) is 4.10. The minimum atomic E-state index is -0.313. The maximum Gasteiger partial charge on any atom is 0.331 e. The van der Waals surface area contributed by atoms with E-state index < -0.39 is 0 Å². The molecule has 1 aliphatic rings. The van der Waals surface area contributed by atoms with Crippen LogP contribution in [0.15, 0.2) is 24.3 Å². The summed E-state index contributed by atoms with van der Waals surface area (Å²) in [6, 6.07) is 5.18. The first-order chi connectivity index (χ1) is 11.0. The van der Waals surface area contributed by atoms with E-state index in [-0.39, 0.29) is 24.5 Å². The van der Waals surface area contributed by atoms with Gasteiger partial charge in [-0.15, -0.1) is 0 Å². The average molecular weight is 392 g/mol. The van der Waals surface area contributed by atoms with Crippen LogP contribution in [0.25, 0.3) is 6.08 Å². The molecule has 1 saturated carbocycles. The molecule has 134 valence electrons. The number of hydrogen-bond donors (Lipinski definition) is 0. The highest BCUT2D eigenvalue weighted by Gasteiger charge is 2.28. The van der Waals surface area contributed by atoms with E-state index in [9.17, 15) is 4.79 Å². The van der Waals surface area contributed by atoms with Gasteiger partial charge in [-0.2, -0.15) is 0 Å². The number of halogens is 3. The Morgan fingerprint density at radius 1 is 1.29 bits per heavy atom. The fraction of sp³-hybridized carbons (Fsp3) is 0.500. The first-order valence-corrected chi connectivity index (χ1v) is 8.70. The number of carbonyl (C=O) groups is 1. The van der Waals surface area contributed by atoms with Crippen molar-refractivity contribution in [2.24, 2.45) is 5.92 Å². The standard InChI is InChI=1S/C18H23Cl2NO2.ClH/c1-21(2)12-14-5-3-4-6-17(14)23-18(22)10-8-13-7-9-15(19)11-16(13)20;/h7-11,14,17H,3-6,12H2,1-2H3;1H/p-1/b10-8+;. The zero-order valence-corrected chi connectivity index (χ0v) is 16.2. The molecule has 1 aromatic rings. The van der Waals surface area contributed by atoms with Gasteiger partial charge < -0.3 is 22.0 Å². The highest BCUT2D eigenvalue weighted by molar-refractivity contribution is 6.35. The van der Waals surface area contributed by atoms with Gasteiger partial charge in [-0.1, -0.05) is 35.7 Å². The second kappa shape index (κ2) is 10.3. The Morgan fingerprint density at radius 2 is 2.00 bits per heavy atom. The van der Waals surface area contributed by atoms with Crippen molar-refractivity contribution >= 4 is 35.2 Å². The maximum atomic E-state index is 12.1. The third-order valence-corrected chi connectivity index (χ3v) is 4.63. The van der Waals surface area contributed by atoms with Crippen molar-refractivity contribution in [3.8, 4) is 0 Å². The van der Waals surface area contributed by atoms with Crippen LogP contribution in [0.2, 0.25) is 10.0 Å². The maximum absolute atomic E-state index is 12.1. The Labute approximate surface area is 160 Å². The first kappa shape index (κ1) is 21.3. The van der Waals surface area contributed by atoms with Crippen LogP contribution >= 0.6 is 23.2 Å². The lowest BCUT2D eigenvalue weighted by Crippen LogP contribution is -3.00. The van der Waals surface area contributed by atoms with E-state index >= 15 is 0 Å². The van der Waals surface area contributed by atoms with Gasteiger partial charge in [-0.3, -0.25) is 0 Å². The molecule has 24 heavy (non-hydrogen) atoms. The predicted molar refractivity (Wildman–Crippen MR) is 95.9 cm³/mol. The molecule has 2 atom stereocenters. The molecule has 6 heteroatoms. The highest BCUT2D eigenvalue weighted by atomic mass is 35.5. The van der Waals surface area contributed by atoms with Crippen LogP contribution in [-0.4, -0.2) is 37.6 Å². The summed E-state index contributed by atoms with van der Waals surface area (Å²) >= 11 is 12.0. The van der Waals surface area contributed by atoms with Crippen molar-refractivity contribution in [2.75, 3.05) is 20.6 Å². The van der Waals surface area contributed by atoms with E-state index in [2.05, 4.69) is 19.0 Å². The third-order valence-electron chi connectivity index (χ3n) is 4.07. The summed E-state index contributed by atoms with van der Waals surface area (Å²) in [6.07, 6.45) is 7.50. The summed E-state index contributed by atoms with van der Waals surface area (Å²) in [4.78, 5) is 14.3. The second-order valence-corrected chi connectivity index (χ2v) is 7.12. The van der Waals surface area contributed by atoms with E-state index in [1.165, 1.54) is 12.5 Å². The number of ether oxygens (including phenoxy) is 1. The Kier molecular flexibility index (Phi) is 9.14. The number of nitrogens with zero attached hydrogens (tertiary/aromatic N) is 1. The molecule has 0 radical (unpaired) electrons. The molecule has 3 nitrogen and oxygen atoms in total. The minimum Gasteiger partial charge on any atom is -1.00 e. The first-order valence-electron chi connectivity index (χ1n) is 7.94. The summed E-state index contributed by atoms with van der Waals surface area (Å²) in [5, 5.41) is 1.09. The summed E-state index contributed by atoms with van der Waals surface area (Å²) in [6.45, 7) is 0.949. The van der Waals surface area contributed by atoms with Crippen molar-refractivity contribution in [2.45, 2.75) is 31.8 Å². The SMILES string of the molecule is CN(C)CC1CCCCC1OC(=O)/C=C/c1ccc(Cl)cc1Cl.[Cl-]. The predicted octanol–water partition coefficient (Wildman–Crippen LogP) is 1.67. The number of esters is 1. The van der Waals surface area contributed by atoms with Gasteiger partial charge in [-0.25, -0.2) is 4.79 Å². The van der Waals surface area contributed by atoms with Crippen LogP contribution in [-0.2, 0) is 9.53 Å². The van der Waals surface area contributed by atoms with Crippen LogP contribution in [0.4, 0.5) is 0 Å². The zero-order valence-electron chi connectivity index (χ0n) is 14.0. The topological polar surface area (TPSA) is 29.5 Å². The van der Waals surface area contributed by atoms with Crippen LogP contribution < -0.4 is 12.4 Å². The summed E-state index contributed by atoms with van der Waals surface area (Å²) in [5.41, 5.74) is 0.751. The lowest BCUT2D eigenvalue weighted by Gasteiger charge is -2.32. The molecule has 2 rings (SSSR count). The lowest BCUT2D eigenvalue weighted by molar-refractivity contribution is -0.147. The van der Waals surface area contributed by atoms with Crippen molar-refractivity contribution in [1.29, 1.82) is 0 Å². The molecule has 0 heterocycles. The Balaban J connectivity index is 0.00000288. The van der Waals surface area contributed by atoms with E-state index in [1.54, 1.807) is 24.3 Å². The number of hydrogen-bond acceptors (Lipinski definition) is 3. The van der Waals surface area contributed by atoms with Crippen LogP contribution in [0.3, 0.4) is 0 Å². The molecule has 1 aliphatic carbocycles. The van der Waals surface area contributed by atoms with E-state index in [1.807, 2.05) is 0 Å². The lowest BCUT2D eigenvalue weighted by atomic mass is 9.86. The van der Waals surface area contributed by atoms with Gasteiger partial charge in [0.1, 0.15) is 6.10 Å². The van der Waals surface area contributed by atoms with E-state index in [0.29, 0.717) is 16.0 Å². The summed E-state index contributed by atoms with van der Waals surface area (Å²) in [5.74, 6) is 0.0990. The molecule has 0 N–H and O–H groups in total. The number of rotatable bonds is 5. The van der Waals surface area contributed by atoms with Gasteiger partial charge in [0.15, 0.2) is 0 Å². The molecule has 2 unspecified atom stereocenters. The fourth-order valence-corrected chi connectivity index (χ4v) is 3.46. The van der Waals surface area contributed by atoms with Crippen LogP contribution in [0.1, 0.15) is 31.2 Å². The molecule has 1 fully saturated rings. The van der Waals surface area contributed by atoms with Gasteiger partial charge in [0.05, 0.1) is 0 Å². The summed E-state index contributed by atoms with van der Waals surface area (Å²) < 4.78 is 5.67. The molecule has 0 aliphatic heterocycles. The van der Waals surface area contributed by atoms with E-state index in [4.69, 9.17) is 27.9 Å². The minimum absolute atomic E-state index is 0. The Morgan fingerprint density at radius 3 is 2.67 bits per heavy atom. The van der Waals surface area contributed by atoms with Gasteiger partial charge in [0.2, 0.25) is 0 Å². The normalized spacial score (nSPS) is 20.9. The molecule has 0 spiro atoms. The molecule has 1 aromatic carbocycles. The van der Waals surface area contributed by atoms with E-state index in [0.717, 1.165) is 31.4 Å². The molecule has 0 saturated heterocycles. The average Bonchev–Trinajstić information content (AvgIpc) is 2.48. The monoisotopic (exact) mass is 390 g/mol.